The Morgan fingerprint density at radius 1 is 1.04 bits per heavy atom. The molecular weight excluding hydrogens is 342 g/mol. The van der Waals surface area contributed by atoms with Gasteiger partial charge in [0.05, 0.1) is 12.9 Å². The van der Waals surface area contributed by atoms with E-state index >= 15 is 0 Å². The molecule has 4 heteroatoms. The molecule has 2 rings (SSSR count). The first kappa shape index (κ1) is 20.4. The summed E-state index contributed by atoms with van der Waals surface area (Å²) in [4.78, 5) is 11.9. The minimum atomic E-state index is 0.110. The maximum atomic E-state index is 11.9. The van der Waals surface area contributed by atoms with E-state index in [4.69, 9.17) is 4.74 Å². The van der Waals surface area contributed by atoms with Crippen LogP contribution in [0.3, 0.4) is 0 Å². The highest BCUT2D eigenvalue weighted by Crippen LogP contribution is 2.17. The fraction of sp³-hybridized carbons (Fsp3) is 0.409. The molecule has 140 valence electrons. The van der Waals surface area contributed by atoms with Gasteiger partial charge in [-0.05, 0) is 47.6 Å². The van der Waals surface area contributed by atoms with Gasteiger partial charge < -0.3 is 10.1 Å². The number of carbonyl (C=O) groups excluding carboxylic acids is 1. The molecule has 0 saturated carbocycles. The number of thioether (sulfide) groups is 1. The number of hydrogen-bond acceptors (Lipinski definition) is 3. The molecule has 0 aliphatic heterocycles. The van der Waals surface area contributed by atoms with Crippen LogP contribution in [-0.4, -0.2) is 25.3 Å². The third kappa shape index (κ3) is 7.12. The summed E-state index contributed by atoms with van der Waals surface area (Å²) in [6, 6.07) is 16.8. The summed E-state index contributed by atoms with van der Waals surface area (Å²) in [5.41, 5.74) is 3.90. The van der Waals surface area contributed by atoms with Gasteiger partial charge in [0, 0.05) is 12.3 Å². The average molecular weight is 372 g/mol. The van der Waals surface area contributed by atoms with E-state index in [1.165, 1.54) is 16.7 Å². The van der Waals surface area contributed by atoms with Crippen LogP contribution in [0.1, 0.15) is 42.9 Å². The highest BCUT2D eigenvalue weighted by molar-refractivity contribution is 7.99. The molecule has 0 unspecified atom stereocenters. The lowest BCUT2D eigenvalue weighted by Gasteiger charge is -2.08. The van der Waals surface area contributed by atoms with E-state index in [0.717, 1.165) is 30.9 Å². The molecule has 0 bridgehead atoms. The monoisotopic (exact) mass is 371 g/mol. The van der Waals surface area contributed by atoms with Crippen LogP contribution in [0.5, 0.6) is 5.75 Å². The van der Waals surface area contributed by atoms with E-state index < -0.39 is 0 Å². The number of rotatable bonds is 10. The lowest BCUT2D eigenvalue weighted by molar-refractivity contribution is -0.118. The zero-order chi connectivity index (χ0) is 18.8. The van der Waals surface area contributed by atoms with Crippen LogP contribution in [0.25, 0.3) is 0 Å². The van der Waals surface area contributed by atoms with Crippen molar-refractivity contribution in [3.05, 3.63) is 65.2 Å². The fourth-order valence-electron chi connectivity index (χ4n) is 2.62. The number of aryl methyl sites for hydroxylation is 1. The summed E-state index contributed by atoms with van der Waals surface area (Å²) in [7, 11) is 1.66. The number of carbonyl (C=O) groups is 1. The van der Waals surface area contributed by atoms with Crippen LogP contribution in [0.2, 0.25) is 0 Å². The topological polar surface area (TPSA) is 38.3 Å². The van der Waals surface area contributed by atoms with E-state index in [-0.39, 0.29) is 5.91 Å². The predicted octanol–water partition coefficient (Wildman–Crippen LogP) is 4.80. The van der Waals surface area contributed by atoms with Gasteiger partial charge in [-0.25, -0.2) is 0 Å². The van der Waals surface area contributed by atoms with Crippen molar-refractivity contribution in [3.8, 4) is 5.75 Å². The Morgan fingerprint density at radius 2 is 1.69 bits per heavy atom. The Balaban J connectivity index is 1.58. The SMILES string of the molecule is COc1ccc(CSCC(=O)NCCCc2ccc(C(C)C)cc2)cc1. The van der Waals surface area contributed by atoms with Gasteiger partial charge in [0.25, 0.3) is 0 Å². The van der Waals surface area contributed by atoms with Crippen molar-refractivity contribution >= 4 is 17.7 Å². The molecule has 0 fully saturated rings. The summed E-state index contributed by atoms with van der Waals surface area (Å²) in [6.07, 6.45) is 1.97. The number of benzene rings is 2. The van der Waals surface area contributed by atoms with Crippen molar-refractivity contribution in [2.75, 3.05) is 19.4 Å². The third-order valence-corrected chi connectivity index (χ3v) is 5.28. The van der Waals surface area contributed by atoms with Crippen molar-refractivity contribution in [2.45, 2.75) is 38.4 Å². The molecular formula is C22H29NO2S. The second-order valence-electron chi connectivity index (χ2n) is 6.69. The predicted molar refractivity (Wildman–Crippen MR) is 111 cm³/mol. The van der Waals surface area contributed by atoms with Crippen LogP contribution in [0.15, 0.2) is 48.5 Å². The molecule has 0 spiro atoms. The lowest BCUT2D eigenvalue weighted by atomic mass is 10.0. The second kappa shape index (κ2) is 10.9. The van der Waals surface area contributed by atoms with Gasteiger partial charge in [-0.1, -0.05) is 50.2 Å². The van der Waals surface area contributed by atoms with Gasteiger partial charge in [0.1, 0.15) is 5.75 Å². The third-order valence-electron chi connectivity index (χ3n) is 4.27. The first-order valence-electron chi connectivity index (χ1n) is 9.14. The summed E-state index contributed by atoms with van der Waals surface area (Å²) >= 11 is 1.63. The molecule has 2 aromatic carbocycles. The van der Waals surface area contributed by atoms with Gasteiger partial charge in [-0.3, -0.25) is 4.79 Å². The summed E-state index contributed by atoms with van der Waals surface area (Å²) < 4.78 is 5.14. The second-order valence-corrected chi connectivity index (χ2v) is 7.68. The standard InChI is InChI=1S/C22H29NO2S/c1-17(2)20-10-6-18(7-11-20)5-4-14-23-22(24)16-26-15-19-8-12-21(25-3)13-9-19/h6-13,17H,4-5,14-16H2,1-3H3,(H,23,24). The number of hydrogen-bond donors (Lipinski definition) is 1. The summed E-state index contributed by atoms with van der Waals surface area (Å²) in [5, 5.41) is 3.01. The zero-order valence-electron chi connectivity index (χ0n) is 16.0. The maximum Gasteiger partial charge on any atom is 0.230 e. The summed E-state index contributed by atoms with van der Waals surface area (Å²) in [6.45, 7) is 5.14. The Hall–Kier alpha value is -1.94. The molecule has 0 saturated heterocycles. The smallest absolute Gasteiger partial charge is 0.230 e. The average Bonchev–Trinajstić information content (AvgIpc) is 2.66. The molecule has 0 heterocycles. The van der Waals surface area contributed by atoms with Crippen LogP contribution in [0.4, 0.5) is 0 Å². The van der Waals surface area contributed by atoms with Crippen molar-refractivity contribution in [3.63, 3.8) is 0 Å². The molecule has 1 N–H and O–H groups in total. The molecule has 3 nitrogen and oxygen atoms in total. The Bertz CT molecular complexity index is 666. The minimum Gasteiger partial charge on any atom is -0.497 e. The maximum absolute atomic E-state index is 11.9. The fourth-order valence-corrected chi connectivity index (χ4v) is 3.44. The Kier molecular flexibility index (Phi) is 8.56. The molecule has 0 atom stereocenters. The minimum absolute atomic E-state index is 0.110. The molecule has 0 aromatic heterocycles. The van der Waals surface area contributed by atoms with E-state index in [1.54, 1.807) is 18.9 Å². The molecule has 0 aliphatic rings. The number of nitrogens with one attached hydrogen (secondary N) is 1. The van der Waals surface area contributed by atoms with E-state index in [0.29, 0.717) is 11.7 Å². The van der Waals surface area contributed by atoms with Crippen LogP contribution in [-0.2, 0) is 17.0 Å². The van der Waals surface area contributed by atoms with Crippen LogP contribution < -0.4 is 10.1 Å². The Labute approximate surface area is 161 Å². The molecule has 0 aliphatic carbocycles. The van der Waals surface area contributed by atoms with E-state index in [1.807, 2.05) is 24.3 Å². The first-order chi connectivity index (χ1) is 12.6. The quantitative estimate of drug-likeness (QED) is 0.610. The van der Waals surface area contributed by atoms with Crippen molar-refractivity contribution in [1.29, 1.82) is 0 Å². The zero-order valence-corrected chi connectivity index (χ0v) is 16.8. The van der Waals surface area contributed by atoms with Gasteiger partial charge in [0.15, 0.2) is 0 Å². The highest BCUT2D eigenvalue weighted by Gasteiger charge is 2.03. The molecule has 0 radical (unpaired) electrons. The normalized spacial score (nSPS) is 10.8. The van der Waals surface area contributed by atoms with Gasteiger partial charge in [-0.2, -0.15) is 0 Å². The molecule has 1 amide bonds. The van der Waals surface area contributed by atoms with Gasteiger partial charge in [0.2, 0.25) is 5.91 Å². The Morgan fingerprint density at radius 3 is 2.31 bits per heavy atom. The molecule has 2 aromatic rings. The number of ether oxygens (including phenoxy) is 1. The van der Waals surface area contributed by atoms with Crippen LogP contribution >= 0.6 is 11.8 Å². The van der Waals surface area contributed by atoms with Crippen LogP contribution in [0, 0.1) is 0 Å². The van der Waals surface area contributed by atoms with Crippen molar-refractivity contribution in [2.24, 2.45) is 0 Å². The van der Waals surface area contributed by atoms with Crippen molar-refractivity contribution in [1.82, 2.24) is 5.32 Å². The summed E-state index contributed by atoms with van der Waals surface area (Å²) in [5.74, 6) is 2.86. The highest BCUT2D eigenvalue weighted by atomic mass is 32.2. The van der Waals surface area contributed by atoms with E-state index in [2.05, 4.69) is 43.4 Å². The number of amides is 1. The lowest BCUT2D eigenvalue weighted by Crippen LogP contribution is -2.26. The van der Waals surface area contributed by atoms with Gasteiger partial charge >= 0.3 is 0 Å². The largest absolute Gasteiger partial charge is 0.497 e. The molecule has 26 heavy (non-hydrogen) atoms. The van der Waals surface area contributed by atoms with E-state index in [9.17, 15) is 4.79 Å². The van der Waals surface area contributed by atoms with Crippen molar-refractivity contribution < 1.29 is 9.53 Å². The number of methoxy groups -OCH3 is 1. The van der Waals surface area contributed by atoms with Gasteiger partial charge in [-0.15, -0.1) is 11.8 Å². The first-order valence-corrected chi connectivity index (χ1v) is 10.3.